The summed E-state index contributed by atoms with van der Waals surface area (Å²) in [5, 5.41) is 7.45. The molecule has 1 saturated carbocycles. The van der Waals surface area contributed by atoms with Gasteiger partial charge < -0.3 is 15.0 Å². The number of H-pyrrole nitrogens is 1. The number of rotatable bonds is 9. The molecule has 1 aliphatic carbocycles. The summed E-state index contributed by atoms with van der Waals surface area (Å²) >= 11 is 0. The van der Waals surface area contributed by atoms with Gasteiger partial charge in [0.1, 0.15) is 23.0 Å². The van der Waals surface area contributed by atoms with E-state index in [-0.39, 0.29) is 29.5 Å². The highest BCUT2D eigenvalue weighted by atomic mass is 19.1. The molecule has 0 spiro atoms. The topological polar surface area (TPSA) is 115 Å². The molecule has 3 aromatic heterocycles. The van der Waals surface area contributed by atoms with E-state index in [0.717, 1.165) is 38.5 Å². The molecule has 41 heavy (non-hydrogen) atoms. The van der Waals surface area contributed by atoms with E-state index in [1.165, 1.54) is 6.42 Å². The number of aromatic nitrogens is 5. The lowest BCUT2D eigenvalue weighted by Crippen LogP contribution is -2.35. The first-order valence-corrected chi connectivity index (χ1v) is 14.6. The van der Waals surface area contributed by atoms with Crippen molar-refractivity contribution >= 4 is 22.9 Å². The van der Waals surface area contributed by atoms with Crippen LogP contribution in [-0.4, -0.2) is 43.2 Å². The molecule has 2 N–H and O–H groups in total. The van der Waals surface area contributed by atoms with Crippen LogP contribution in [0.25, 0.3) is 11.0 Å². The number of aromatic amines is 1. The molecule has 4 aromatic rings. The third-order valence-electron chi connectivity index (χ3n) is 7.96. The Hall–Kier alpha value is -4.08. The van der Waals surface area contributed by atoms with Crippen molar-refractivity contribution in [2.75, 3.05) is 6.61 Å². The molecule has 0 radical (unpaired) electrons. The van der Waals surface area contributed by atoms with Gasteiger partial charge in [-0.2, -0.15) is 5.10 Å². The maximum Gasteiger partial charge on any atom is 0.318 e. The zero-order chi connectivity index (χ0) is 28.8. The number of aryl methyl sites for hydroxylation is 1. The second-order valence-corrected chi connectivity index (χ2v) is 10.5. The van der Waals surface area contributed by atoms with Crippen LogP contribution in [0.4, 0.5) is 4.39 Å². The van der Waals surface area contributed by atoms with Crippen molar-refractivity contribution in [3.05, 3.63) is 77.4 Å². The average molecular weight is 561 g/mol. The highest BCUT2D eigenvalue weighted by Gasteiger charge is 2.32. The number of hydrogen-bond acceptors (Lipinski definition) is 6. The number of fused-ring (bicyclic) bond motifs is 1. The fourth-order valence-electron chi connectivity index (χ4n) is 5.89. The summed E-state index contributed by atoms with van der Waals surface area (Å²) in [6.45, 7) is 4.40. The molecular weight excluding hydrogens is 523 g/mol. The summed E-state index contributed by atoms with van der Waals surface area (Å²) in [7, 11) is 0. The number of carbonyl (C=O) groups excluding carboxylic acids is 2. The number of amides is 1. The van der Waals surface area contributed by atoms with Gasteiger partial charge in [-0.25, -0.2) is 9.37 Å². The fraction of sp³-hybridized carbons (Fsp3) is 0.452. The molecule has 10 heteroatoms. The van der Waals surface area contributed by atoms with Crippen LogP contribution >= 0.6 is 0 Å². The summed E-state index contributed by atoms with van der Waals surface area (Å²) in [6.07, 6.45) is 12.3. The lowest BCUT2D eigenvalue weighted by atomic mass is 9.85. The summed E-state index contributed by atoms with van der Waals surface area (Å²) in [6, 6.07) is 7.97. The van der Waals surface area contributed by atoms with Crippen LogP contribution < -0.4 is 5.32 Å². The minimum absolute atomic E-state index is 0.129. The van der Waals surface area contributed by atoms with Crippen LogP contribution in [0.5, 0.6) is 0 Å². The first-order valence-electron chi connectivity index (χ1n) is 14.6. The molecule has 1 fully saturated rings. The Balaban J connectivity index is 1.54. The molecule has 1 aromatic carbocycles. The molecule has 2 unspecified atom stereocenters. The van der Waals surface area contributed by atoms with Crippen molar-refractivity contribution < 1.29 is 18.7 Å². The minimum atomic E-state index is -0.960. The Morgan fingerprint density at radius 3 is 2.49 bits per heavy atom. The van der Waals surface area contributed by atoms with Gasteiger partial charge in [0.2, 0.25) is 0 Å². The molecule has 2 atom stereocenters. The van der Waals surface area contributed by atoms with Crippen LogP contribution in [0.2, 0.25) is 0 Å². The molecule has 1 aliphatic rings. The zero-order valence-electron chi connectivity index (χ0n) is 23.6. The summed E-state index contributed by atoms with van der Waals surface area (Å²) in [4.78, 5) is 38.5. The Kier molecular flexibility index (Phi) is 9.06. The van der Waals surface area contributed by atoms with Crippen molar-refractivity contribution in [3.8, 4) is 0 Å². The van der Waals surface area contributed by atoms with Crippen molar-refractivity contribution in [2.24, 2.45) is 5.92 Å². The predicted octanol–water partition coefficient (Wildman–Crippen LogP) is 5.84. The number of halogens is 1. The van der Waals surface area contributed by atoms with Crippen molar-refractivity contribution in [3.63, 3.8) is 0 Å². The zero-order valence-corrected chi connectivity index (χ0v) is 23.6. The van der Waals surface area contributed by atoms with E-state index in [1.54, 1.807) is 60.5 Å². The number of imidazole rings is 1. The van der Waals surface area contributed by atoms with E-state index < -0.39 is 23.7 Å². The largest absolute Gasteiger partial charge is 0.465 e. The van der Waals surface area contributed by atoms with Crippen molar-refractivity contribution in [1.82, 2.24) is 30.0 Å². The molecule has 0 saturated heterocycles. The standard InChI is InChI=1S/C31H37FN6O3/c1-3-38-24(16-19-34-38)30(39)37-27(21-10-8-6-5-7-9-11-21)29-35-23-13-12-22(26(32)28(23)36-29)25(31(40)41-4-2)20-14-17-33-18-15-20/h12-19,21,25,27H,3-11H2,1-2H3,(H,35,36)(H,37,39). The van der Waals surface area contributed by atoms with Gasteiger partial charge in [0.25, 0.3) is 5.91 Å². The predicted molar refractivity (Wildman–Crippen MR) is 153 cm³/mol. The van der Waals surface area contributed by atoms with Crippen LogP contribution in [-0.2, 0) is 16.1 Å². The number of benzene rings is 1. The van der Waals surface area contributed by atoms with E-state index in [2.05, 4.69) is 20.4 Å². The van der Waals surface area contributed by atoms with Crippen molar-refractivity contribution in [1.29, 1.82) is 0 Å². The quantitative estimate of drug-likeness (QED) is 0.249. The summed E-state index contributed by atoms with van der Waals surface area (Å²) < 4.78 is 23.2. The SMILES string of the molecule is CCOC(=O)C(c1ccncc1)c1ccc2[nH]c(C(NC(=O)c3ccnn3CC)C3CCCCCCC3)nc2c1F. The lowest BCUT2D eigenvalue weighted by Gasteiger charge is -2.28. The van der Waals surface area contributed by atoms with Crippen LogP contribution in [0.15, 0.2) is 48.9 Å². The summed E-state index contributed by atoms with van der Waals surface area (Å²) in [5.74, 6) is -1.68. The maximum absolute atomic E-state index is 16.2. The maximum atomic E-state index is 16.2. The first-order chi connectivity index (χ1) is 20.0. The number of hydrogen-bond donors (Lipinski definition) is 2. The lowest BCUT2D eigenvalue weighted by molar-refractivity contribution is -0.143. The second kappa shape index (κ2) is 13.1. The van der Waals surface area contributed by atoms with Crippen molar-refractivity contribution in [2.45, 2.75) is 77.3 Å². The van der Waals surface area contributed by atoms with Gasteiger partial charge in [0.15, 0.2) is 5.82 Å². The van der Waals surface area contributed by atoms with Gasteiger partial charge in [-0.05, 0) is 62.4 Å². The third kappa shape index (κ3) is 6.16. The third-order valence-corrected chi connectivity index (χ3v) is 7.96. The first kappa shape index (κ1) is 28.4. The normalized spacial score (nSPS) is 16.1. The van der Waals surface area contributed by atoms with Crippen LogP contribution in [0, 0.1) is 11.7 Å². The number of carbonyl (C=O) groups is 2. The molecule has 0 bridgehead atoms. The van der Waals surface area contributed by atoms with Gasteiger partial charge in [0.05, 0.1) is 18.2 Å². The molecule has 0 aliphatic heterocycles. The molecule has 9 nitrogen and oxygen atoms in total. The molecular formula is C31H37FN6O3. The Labute approximate surface area is 238 Å². The molecule has 216 valence electrons. The number of nitrogens with one attached hydrogen (secondary N) is 2. The summed E-state index contributed by atoms with van der Waals surface area (Å²) in [5.41, 5.74) is 1.87. The number of pyridine rings is 1. The number of ether oxygens (including phenoxy) is 1. The smallest absolute Gasteiger partial charge is 0.318 e. The molecule has 1 amide bonds. The van der Waals surface area contributed by atoms with E-state index in [9.17, 15) is 9.59 Å². The van der Waals surface area contributed by atoms with E-state index >= 15 is 4.39 Å². The highest BCUT2D eigenvalue weighted by molar-refractivity contribution is 5.93. The Bertz CT molecular complexity index is 1480. The van der Waals surface area contributed by atoms with Crippen LogP contribution in [0.1, 0.15) is 98.2 Å². The highest BCUT2D eigenvalue weighted by Crippen LogP contribution is 2.35. The van der Waals surface area contributed by atoms with Gasteiger partial charge in [-0.15, -0.1) is 0 Å². The number of nitrogens with zero attached hydrogens (tertiary/aromatic N) is 4. The Morgan fingerprint density at radius 1 is 1.05 bits per heavy atom. The van der Waals surface area contributed by atoms with E-state index in [1.807, 2.05) is 6.92 Å². The number of esters is 1. The van der Waals surface area contributed by atoms with Gasteiger partial charge in [0, 0.05) is 30.7 Å². The fourth-order valence-corrected chi connectivity index (χ4v) is 5.89. The molecule has 3 heterocycles. The Morgan fingerprint density at radius 2 is 1.78 bits per heavy atom. The molecule has 5 rings (SSSR count). The van der Waals surface area contributed by atoms with Gasteiger partial charge in [-0.1, -0.05) is 38.2 Å². The van der Waals surface area contributed by atoms with E-state index in [0.29, 0.717) is 29.1 Å². The van der Waals surface area contributed by atoms with Gasteiger partial charge in [-0.3, -0.25) is 19.3 Å². The minimum Gasteiger partial charge on any atom is -0.465 e. The van der Waals surface area contributed by atoms with E-state index in [4.69, 9.17) is 9.72 Å². The van der Waals surface area contributed by atoms with Crippen LogP contribution in [0.3, 0.4) is 0 Å². The monoisotopic (exact) mass is 560 g/mol. The van der Waals surface area contributed by atoms with Gasteiger partial charge >= 0.3 is 5.97 Å². The average Bonchev–Trinajstić information content (AvgIpc) is 3.62. The second-order valence-electron chi connectivity index (χ2n) is 10.5.